The molecule has 0 aromatic rings. The van der Waals surface area contributed by atoms with Crippen molar-refractivity contribution in [2.24, 2.45) is 23.2 Å². The van der Waals surface area contributed by atoms with E-state index in [0.29, 0.717) is 12.3 Å². The fourth-order valence-corrected chi connectivity index (χ4v) is 4.92. The van der Waals surface area contributed by atoms with Crippen molar-refractivity contribution in [3.05, 3.63) is 34.9 Å². The van der Waals surface area contributed by atoms with Crippen LogP contribution in [0.25, 0.3) is 0 Å². The van der Waals surface area contributed by atoms with E-state index in [2.05, 4.69) is 66.7 Å². The lowest BCUT2D eigenvalue weighted by Gasteiger charge is -2.36. The summed E-state index contributed by atoms with van der Waals surface area (Å²) in [6.07, 6.45) is 11.0. The Morgan fingerprint density at radius 2 is 1.73 bits per heavy atom. The summed E-state index contributed by atoms with van der Waals surface area (Å²) in [7, 11) is 1.37. The number of methoxy groups -OCH3 is 1. The van der Waals surface area contributed by atoms with Gasteiger partial charge in [0.25, 0.3) is 0 Å². The fraction of sp³-hybridized carbons (Fsp3) is 0.724. The maximum absolute atomic E-state index is 12.3. The number of aliphatic hydroxyl groups excluding tert-OH is 1. The highest BCUT2D eigenvalue weighted by Crippen LogP contribution is 2.34. The Balaban J connectivity index is 2.80. The minimum atomic E-state index is -1.04. The Bertz CT molecular complexity index is 752. The number of carbonyl (C=O) groups is 2. The molecule has 33 heavy (non-hydrogen) atoms. The average molecular weight is 461 g/mol. The first-order chi connectivity index (χ1) is 15.3. The number of ketones is 2. The van der Waals surface area contributed by atoms with Crippen LogP contribution in [0.5, 0.6) is 0 Å². The summed E-state index contributed by atoms with van der Waals surface area (Å²) in [5.41, 5.74) is 4.23. The van der Waals surface area contributed by atoms with Crippen molar-refractivity contribution >= 4 is 11.6 Å². The van der Waals surface area contributed by atoms with Crippen molar-refractivity contribution < 1.29 is 19.4 Å². The smallest absolute Gasteiger partial charge is 0.229 e. The Hall–Kier alpha value is -1.52. The van der Waals surface area contributed by atoms with Gasteiger partial charge in [-0.3, -0.25) is 9.59 Å². The van der Waals surface area contributed by atoms with Gasteiger partial charge in [0, 0.05) is 18.9 Å². The number of aliphatic hydroxyl groups is 1. The third kappa shape index (κ3) is 8.98. The summed E-state index contributed by atoms with van der Waals surface area (Å²) < 4.78 is 5.12. The van der Waals surface area contributed by atoms with Gasteiger partial charge >= 0.3 is 0 Å². The van der Waals surface area contributed by atoms with E-state index in [0.717, 1.165) is 19.3 Å². The zero-order valence-corrected chi connectivity index (χ0v) is 22.5. The maximum atomic E-state index is 12.3. The van der Waals surface area contributed by atoms with Gasteiger partial charge in [-0.05, 0) is 71.1 Å². The van der Waals surface area contributed by atoms with Crippen LogP contribution in [-0.4, -0.2) is 36.0 Å². The Morgan fingerprint density at radius 3 is 2.27 bits per heavy atom. The van der Waals surface area contributed by atoms with Gasteiger partial charge < -0.3 is 9.84 Å². The Labute approximate surface area is 202 Å². The number of Topliss-reactive ketones (excluding diaryl/α,β-unsaturated/α-hetero) is 2. The molecule has 1 N–H and O–H groups in total. The summed E-state index contributed by atoms with van der Waals surface area (Å²) in [4.78, 5) is 24.4. The lowest BCUT2D eigenvalue weighted by molar-refractivity contribution is -0.160. The molecule has 1 rings (SSSR count). The van der Waals surface area contributed by atoms with Gasteiger partial charge in [0.1, 0.15) is 6.10 Å². The number of allylic oxidation sites excluding steroid dienone is 6. The van der Waals surface area contributed by atoms with Crippen molar-refractivity contribution in [2.75, 3.05) is 7.11 Å². The molecule has 0 spiro atoms. The van der Waals surface area contributed by atoms with Crippen LogP contribution in [0.3, 0.4) is 0 Å². The molecule has 0 amide bonds. The van der Waals surface area contributed by atoms with Gasteiger partial charge in [-0.15, -0.1) is 0 Å². The van der Waals surface area contributed by atoms with Crippen LogP contribution < -0.4 is 0 Å². The second-order valence-electron chi connectivity index (χ2n) is 11.1. The second kappa shape index (κ2) is 13.4. The van der Waals surface area contributed by atoms with Crippen LogP contribution >= 0.6 is 0 Å². The van der Waals surface area contributed by atoms with Crippen molar-refractivity contribution in [1.29, 1.82) is 0 Å². The lowest BCUT2D eigenvalue weighted by atomic mass is 9.73. The number of carbonyl (C=O) groups excluding carboxylic acids is 2. The summed E-state index contributed by atoms with van der Waals surface area (Å²) in [5, 5.41) is 10.6. The van der Waals surface area contributed by atoms with Gasteiger partial charge in [0.05, 0.1) is 6.10 Å². The number of rotatable bonds is 12. The molecule has 5 atom stereocenters. The standard InChI is InChI=1S/C29H48O4/c1-10-11-23(14-12-19(2)3)21(5)16-17-29(7,8)18-20(4)13-15-24-22(6)25(30)27(32)28(33-9)26(24)31/h12-13,16,22-24,26,28,31H,10-11,14-15,17-18H2,1-9H3/b20-13+,21-16?. The van der Waals surface area contributed by atoms with Gasteiger partial charge in [-0.1, -0.05) is 69.1 Å². The van der Waals surface area contributed by atoms with E-state index in [9.17, 15) is 14.7 Å². The average Bonchev–Trinajstić information content (AvgIpc) is 2.73. The van der Waals surface area contributed by atoms with Crippen LogP contribution in [0.15, 0.2) is 34.9 Å². The topological polar surface area (TPSA) is 63.6 Å². The fourth-order valence-electron chi connectivity index (χ4n) is 4.92. The molecular weight excluding hydrogens is 412 g/mol. The molecule has 0 aliphatic heterocycles. The Morgan fingerprint density at radius 1 is 1.09 bits per heavy atom. The number of hydrogen-bond donors (Lipinski definition) is 1. The molecule has 0 aromatic heterocycles. The summed E-state index contributed by atoms with van der Waals surface area (Å²) in [6, 6.07) is 0. The molecule has 1 saturated carbocycles. The maximum Gasteiger partial charge on any atom is 0.229 e. The number of ether oxygens (including phenoxy) is 1. The van der Waals surface area contributed by atoms with E-state index in [1.165, 1.54) is 36.7 Å². The highest BCUT2D eigenvalue weighted by Gasteiger charge is 2.46. The largest absolute Gasteiger partial charge is 0.390 e. The Kier molecular flexibility index (Phi) is 12.0. The van der Waals surface area contributed by atoms with E-state index in [4.69, 9.17) is 4.74 Å². The zero-order valence-electron chi connectivity index (χ0n) is 22.5. The van der Waals surface area contributed by atoms with Crippen molar-refractivity contribution in [1.82, 2.24) is 0 Å². The molecule has 1 aliphatic rings. The molecule has 5 unspecified atom stereocenters. The highest BCUT2D eigenvalue weighted by molar-refractivity contribution is 6.40. The van der Waals surface area contributed by atoms with E-state index in [-0.39, 0.29) is 11.3 Å². The van der Waals surface area contributed by atoms with Gasteiger partial charge in [0.2, 0.25) is 11.6 Å². The molecule has 0 saturated heterocycles. The molecule has 1 aliphatic carbocycles. The summed E-state index contributed by atoms with van der Waals surface area (Å²) >= 11 is 0. The molecule has 4 heteroatoms. The van der Waals surface area contributed by atoms with Gasteiger partial charge in [-0.2, -0.15) is 0 Å². The zero-order chi connectivity index (χ0) is 25.3. The van der Waals surface area contributed by atoms with Crippen LogP contribution in [0.2, 0.25) is 0 Å². The van der Waals surface area contributed by atoms with Crippen molar-refractivity contribution in [2.45, 2.75) is 106 Å². The quantitative estimate of drug-likeness (QED) is 0.262. The van der Waals surface area contributed by atoms with Gasteiger partial charge in [0.15, 0.2) is 0 Å². The summed E-state index contributed by atoms with van der Waals surface area (Å²) in [5.74, 6) is -1.22. The second-order valence-corrected chi connectivity index (χ2v) is 11.1. The van der Waals surface area contributed by atoms with Crippen molar-refractivity contribution in [3.8, 4) is 0 Å². The number of hydrogen-bond acceptors (Lipinski definition) is 4. The lowest BCUT2D eigenvalue weighted by Crippen LogP contribution is -2.53. The van der Waals surface area contributed by atoms with Crippen LogP contribution in [0, 0.1) is 23.2 Å². The van der Waals surface area contributed by atoms with Crippen LogP contribution in [0.4, 0.5) is 0 Å². The van der Waals surface area contributed by atoms with Gasteiger partial charge in [-0.25, -0.2) is 0 Å². The predicted molar refractivity (Wildman–Crippen MR) is 137 cm³/mol. The minimum Gasteiger partial charge on any atom is -0.390 e. The van der Waals surface area contributed by atoms with E-state index < -0.39 is 29.7 Å². The van der Waals surface area contributed by atoms with Crippen molar-refractivity contribution in [3.63, 3.8) is 0 Å². The first-order valence-electron chi connectivity index (χ1n) is 12.6. The van der Waals surface area contributed by atoms with E-state index in [1.54, 1.807) is 6.92 Å². The molecule has 0 aromatic carbocycles. The predicted octanol–water partition coefficient (Wildman–Crippen LogP) is 6.63. The third-order valence-electron chi connectivity index (χ3n) is 7.12. The van der Waals surface area contributed by atoms with Crippen LogP contribution in [0.1, 0.15) is 93.9 Å². The first-order valence-corrected chi connectivity index (χ1v) is 12.6. The molecule has 0 radical (unpaired) electrons. The molecule has 0 heterocycles. The molecule has 1 fully saturated rings. The van der Waals surface area contributed by atoms with Crippen LogP contribution in [-0.2, 0) is 14.3 Å². The molecule has 0 bridgehead atoms. The monoisotopic (exact) mass is 460 g/mol. The SMILES string of the molecule is CCCC(CC=C(C)C)C(C)=CCC(C)(C)C/C(C)=C/CC1C(C)C(=O)C(=O)C(OC)C1O. The first kappa shape index (κ1) is 29.5. The molecule has 4 nitrogen and oxygen atoms in total. The van der Waals surface area contributed by atoms with E-state index in [1.807, 2.05) is 0 Å². The molecular formula is C29H48O4. The molecule has 188 valence electrons. The minimum absolute atomic E-state index is 0.118. The summed E-state index contributed by atoms with van der Waals surface area (Å²) in [6.45, 7) is 17.3. The normalized spacial score (nSPS) is 25.9. The third-order valence-corrected chi connectivity index (χ3v) is 7.12. The highest BCUT2D eigenvalue weighted by atomic mass is 16.5. The van der Waals surface area contributed by atoms with E-state index >= 15 is 0 Å².